The molecule has 6 heteroatoms. The molecule has 0 N–H and O–H groups in total. The summed E-state index contributed by atoms with van der Waals surface area (Å²) in [4.78, 5) is 19.1. The van der Waals surface area contributed by atoms with Crippen LogP contribution < -0.4 is 4.74 Å². The van der Waals surface area contributed by atoms with Crippen molar-refractivity contribution in [3.8, 4) is 5.75 Å². The van der Waals surface area contributed by atoms with Crippen LogP contribution in [0.25, 0.3) is 5.65 Å². The lowest BCUT2D eigenvalue weighted by Crippen LogP contribution is -2.37. The summed E-state index contributed by atoms with van der Waals surface area (Å²) in [5.41, 5.74) is 4.95. The highest BCUT2D eigenvalue weighted by Gasteiger charge is 2.24. The standard InChI is InChI=1S/C19H20N4O2/c1-13-9-18-20-11-15-12-22(8-7-16(15)23(18)21-13)19(24)10-14-5-3-4-6-17(14)25-2/h3-6,9,11H,7-8,10,12H2,1-2H3. The smallest absolute Gasteiger partial charge is 0.227 e. The predicted octanol–water partition coefficient (Wildman–Crippen LogP) is 2.17. The van der Waals surface area contributed by atoms with Crippen LogP contribution >= 0.6 is 0 Å². The van der Waals surface area contributed by atoms with Crippen LogP contribution in [0.4, 0.5) is 0 Å². The van der Waals surface area contributed by atoms with Gasteiger partial charge in [0.25, 0.3) is 0 Å². The molecule has 0 unspecified atom stereocenters. The molecule has 3 heterocycles. The predicted molar refractivity (Wildman–Crippen MR) is 93.5 cm³/mol. The van der Waals surface area contributed by atoms with Gasteiger partial charge in [-0.3, -0.25) is 4.79 Å². The third kappa shape index (κ3) is 2.84. The van der Waals surface area contributed by atoms with Crippen molar-refractivity contribution in [2.24, 2.45) is 0 Å². The molecule has 1 aromatic carbocycles. The van der Waals surface area contributed by atoms with Gasteiger partial charge in [-0.25, -0.2) is 9.50 Å². The van der Waals surface area contributed by atoms with Crippen LogP contribution in [0.1, 0.15) is 22.5 Å². The number of amides is 1. The molecule has 2 aromatic heterocycles. The number of aromatic nitrogens is 3. The third-order valence-corrected chi connectivity index (χ3v) is 4.66. The summed E-state index contributed by atoms with van der Waals surface area (Å²) in [5, 5.41) is 4.52. The maximum Gasteiger partial charge on any atom is 0.227 e. The van der Waals surface area contributed by atoms with Gasteiger partial charge in [0.05, 0.1) is 24.9 Å². The number of carbonyl (C=O) groups excluding carboxylic acids is 1. The highest BCUT2D eigenvalue weighted by Crippen LogP contribution is 2.22. The van der Waals surface area contributed by atoms with E-state index in [1.54, 1.807) is 7.11 Å². The van der Waals surface area contributed by atoms with Crippen molar-refractivity contribution in [1.82, 2.24) is 19.5 Å². The number of ether oxygens (including phenoxy) is 1. The molecule has 4 rings (SSSR count). The summed E-state index contributed by atoms with van der Waals surface area (Å²) in [6, 6.07) is 9.63. The maximum atomic E-state index is 12.7. The van der Waals surface area contributed by atoms with E-state index in [9.17, 15) is 4.79 Å². The number of nitrogens with zero attached hydrogens (tertiary/aromatic N) is 4. The van der Waals surface area contributed by atoms with E-state index in [4.69, 9.17) is 4.74 Å². The lowest BCUT2D eigenvalue weighted by atomic mass is 10.1. The molecule has 6 nitrogen and oxygen atoms in total. The molecule has 0 saturated heterocycles. The fourth-order valence-corrected chi connectivity index (χ4v) is 3.39. The van der Waals surface area contributed by atoms with Crippen LogP contribution in [0.2, 0.25) is 0 Å². The Balaban J connectivity index is 1.56. The maximum absolute atomic E-state index is 12.7. The second kappa shape index (κ2) is 6.20. The van der Waals surface area contributed by atoms with Crippen molar-refractivity contribution in [3.05, 3.63) is 59.0 Å². The largest absolute Gasteiger partial charge is 0.496 e. The van der Waals surface area contributed by atoms with Crippen LogP contribution in [-0.4, -0.2) is 39.1 Å². The molecule has 3 aromatic rings. The van der Waals surface area contributed by atoms with Crippen molar-refractivity contribution >= 4 is 11.6 Å². The summed E-state index contributed by atoms with van der Waals surface area (Å²) >= 11 is 0. The first-order valence-electron chi connectivity index (χ1n) is 8.38. The summed E-state index contributed by atoms with van der Waals surface area (Å²) < 4.78 is 7.26. The molecule has 1 aliphatic heterocycles. The van der Waals surface area contributed by atoms with Crippen LogP contribution in [0.5, 0.6) is 5.75 Å². The fraction of sp³-hybridized carbons (Fsp3) is 0.316. The van der Waals surface area contributed by atoms with Crippen molar-refractivity contribution < 1.29 is 9.53 Å². The molecule has 0 aliphatic carbocycles. The molecule has 1 amide bonds. The molecular weight excluding hydrogens is 316 g/mol. The van der Waals surface area contributed by atoms with Gasteiger partial charge in [0, 0.05) is 42.9 Å². The molecule has 0 saturated carbocycles. The van der Waals surface area contributed by atoms with Gasteiger partial charge in [-0.2, -0.15) is 5.10 Å². The van der Waals surface area contributed by atoms with Gasteiger partial charge >= 0.3 is 0 Å². The van der Waals surface area contributed by atoms with Crippen molar-refractivity contribution in [1.29, 1.82) is 0 Å². The van der Waals surface area contributed by atoms with Crippen molar-refractivity contribution in [2.75, 3.05) is 13.7 Å². The van der Waals surface area contributed by atoms with Gasteiger partial charge in [0.2, 0.25) is 5.91 Å². The summed E-state index contributed by atoms with van der Waals surface area (Å²) in [6.07, 6.45) is 3.00. The lowest BCUT2D eigenvalue weighted by Gasteiger charge is -2.29. The van der Waals surface area contributed by atoms with E-state index in [0.29, 0.717) is 19.5 Å². The molecule has 25 heavy (non-hydrogen) atoms. The van der Waals surface area contributed by atoms with Crippen LogP contribution in [-0.2, 0) is 24.2 Å². The first-order chi connectivity index (χ1) is 12.2. The molecule has 0 radical (unpaired) electrons. The Morgan fingerprint density at radius 3 is 3.00 bits per heavy atom. The van der Waals surface area contributed by atoms with E-state index >= 15 is 0 Å². The zero-order chi connectivity index (χ0) is 17.4. The average molecular weight is 336 g/mol. The SMILES string of the molecule is COc1ccccc1CC(=O)N1CCc2c(cnc3cc(C)nn23)C1. The number of aryl methyl sites for hydroxylation is 1. The summed E-state index contributed by atoms with van der Waals surface area (Å²) in [6.45, 7) is 3.23. The second-order valence-electron chi connectivity index (χ2n) is 6.34. The lowest BCUT2D eigenvalue weighted by molar-refractivity contribution is -0.131. The van der Waals surface area contributed by atoms with E-state index in [0.717, 1.165) is 40.3 Å². The van der Waals surface area contributed by atoms with E-state index in [1.165, 1.54) is 0 Å². The second-order valence-corrected chi connectivity index (χ2v) is 6.34. The number of para-hydroxylation sites is 1. The molecule has 128 valence electrons. The normalized spacial score (nSPS) is 13.8. The Kier molecular flexibility index (Phi) is 3.87. The molecule has 0 bridgehead atoms. The quantitative estimate of drug-likeness (QED) is 0.735. The Morgan fingerprint density at radius 1 is 1.32 bits per heavy atom. The molecule has 0 spiro atoms. The Morgan fingerprint density at radius 2 is 2.16 bits per heavy atom. The average Bonchev–Trinajstić information content (AvgIpc) is 3.02. The summed E-state index contributed by atoms with van der Waals surface area (Å²) in [7, 11) is 1.63. The molecule has 0 fully saturated rings. The molecule has 1 aliphatic rings. The number of rotatable bonds is 3. The van der Waals surface area contributed by atoms with E-state index in [-0.39, 0.29) is 5.91 Å². The fourth-order valence-electron chi connectivity index (χ4n) is 3.39. The topological polar surface area (TPSA) is 59.7 Å². The van der Waals surface area contributed by atoms with Crippen LogP contribution in [0.3, 0.4) is 0 Å². The van der Waals surface area contributed by atoms with Gasteiger partial charge < -0.3 is 9.64 Å². The third-order valence-electron chi connectivity index (χ3n) is 4.66. The van der Waals surface area contributed by atoms with Crippen molar-refractivity contribution in [3.63, 3.8) is 0 Å². The number of hydrogen-bond acceptors (Lipinski definition) is 4. The Bertz CT molecular complexity index is 948. The summed E-state index contributed by atoms with van der Waals surface area (Å²) in [5.74, 6) is 0.857. The van der Waals surface area contributed by atoms with Gasteiger partial charge in [-0.1, -0.05) is 18.2 Å². The Hall–Kier alpha value is -2.89. The minimum absolute atomic E-state index is 0.104. The highest BCUT2D eigenvalue weighted by atomic mass is 16.5. The molecule has 0 atom stereocenters. The van der Waals surface area contributed by atoms with E-state index in [1.807, 2.05) is 52.9 Å². The number of hydrogen-bond donors (Lipinski definition) is 0. The first-order valence-corrected chi connectivity index (χ1v) is 8.38. The number of benzene rings is 1. The zero-order valence-electron chi connectivity index (χ0n) is 14.4. The minimum Gasteiger partial charge on any atom is -0.496 e. The monoisotopic (exact) mass is 336 g/mol. The van der Waals surface area contributed by atoms with E-state index in [2.05, 4.69) is 10.1 Å². The Labute approximate surface area is 146 Å². The number of carbonyl (C=O) groups is 1. The van der Waals surface area contributed by atoms with Gasteiger partial charge in [0.15, 0.2) is 5.65 Å². The minimum atomic E-state index is 0.104. The van der Waals surface area contributed by atoms with Gasteiger partial charge in [-0.15, -0.1) is 0 Å². The van der Waals surface area contributed by atoms with Gasteiger partial charge in [0.1, 0.15) is 5.75 Å². The highest BCUT2D eigenvalue weighted by molar-refractivity contribution is 5.79. The van der Waals surface area contributed by atoms with Crippen LogP contribution in [0, 0.1) is 6.92 Å². The van der Waals surface area contributed by atoms with E-state index < -0.39 is 0 Å². The molecular formula is C19H20N4O2. The van der Waals surface area contributed by atoms with Gasteiger partial charge in [-0.05, 0) is 13.0 Å². The first kappa shape index (κ1) is 15.6. The number of methoxy groups -OCH3 is 1. The van der Waals surface area contributed by atoms with Crippen LogP contribution in [0.15, 0.2) is 36.5 Å². The number of fused-ring (bicyclic) bond motifs is 3. The zero-order valence-corrected chi connectivity index (χ0v) is 14.4. The van der Waals surface area contributed by atoms with Crippen molar-refractivity contribution in [2.45, 2.75) is 26.3 Å².